The Bertz CT molecular complexity index is 808. The standard InChI is InChI=1S/C22H26N2O5/c1-2-3-13-23-22(27)24-20(25)15-29-21(26)16-28-19-12-8-7-11-18(19)14-17-9-5-4-6-10-17/h4-12H,2-3,13-16H2,1H3,(H2,23,24,25,27). The highest BCUT2D eigenvalue weighted by Gasteiger charge is 2.12. The first-order valence-corrected chi connectivity index (χ1v) is 9.56. The lowest BCUT2D eigenvalue weighted by molar-refractivity contribution is -0.150. The summed E-state index contributed by atoms with van der Waals surface area (Å²) in [6.45, 7) is 1.59. The summed E-state index contributed by atoms with van der Waals surface area (Å²) in [6.07, 6.45) is 2.42. The van der Waals surface area contributed by atoms with Crippen LogP contribution in [0.1, 0.15) is 30.9 Å². The van der Waals surface area contributed by atoms with E-state index in [4.69, 9.17) is 9.47 Å². The molecule has 0 aliphatic rings. The topological polar surface area (TPSA) is 93.7 Å². The molecule has 0 aromatic heterocycles. The minimum absolute atomic E-state index is 0.332. The van der Waals surface area contributed by atoms with Gasteiger partial charge in [-0.2, -0.15) is 0 Å². The molecule has 0 saturated carbocycles. The van der Waals surface area contributed by atoms with Crippen molar-refractivity contribution in [3.63, 3.8) is 0 Å². The molecule has 0 saturated heterocycles. The molecule has 0 radical (unpaired) electrons. The molecule has 0 aliphatic heterocycles. The molecule has 0 aliphatic carbocycles. The van der Waals surface area contributed by atoms with Crippen LogP contribution in [0.3, 0.4) is 0 Å². The molecule has 2 rings (SSSR count). The van der Waals surface area contributed by atoms with Gasteiger partial charge in [0.05, 0.1) is 0 Å². The van der Waals surface area contributed by atoms with Crippen LogP contribution in [-0.2, 0) is 20.7 Å². The lowest BCUT2D eigenvalue weighted by Crippen LogP contribution is -2.41. The van der Waals surface area contributed by atoms with E-state index in [0.717, 1.165) is 24.0 Å². The quantitative estimate of drug-likeness (QED) is 0.474. The zero-order valence-corrected chi connectivity index (χ0v) is 16.5. The molecule has 0 fully saturated rings. The van der Waals surface area contributed by atoms with Crippen LogP contribution in [0.5, 0.6) is 5.75 Å². The number of hydrogen-bond donors (Lipinski definition) is 2. The summed E-state index contributed by atoms with van der Waals surface area (Å²) < 4.78 is 10.4. The number of carbonyl (C=O) groups excluding carboxylic acids is 3. The van der Waals surface area contributed by atoms with E-state index in [1.165, 1.54) is 0 Å². The van der Waals surface area contributed by atoms with Crippen LogP contribution in [0.2, 0.25) is 0 Å². The van der Waals surface area contributed by atoms with Crippen molar-refractivity contribution in [2.45, 2.75) is 26.2 Å². The van der Waals surface area contributed by atoms with Crippen molar-refractivity contribution in [1.29, 1.82) is 0 Å². The Hall–Kier alpha value is -3.35. The zero-order valence-electron chi connectivity index (χ0n) is 16.5. The van der Waals surface area contributed by atoms with Gasteiger partial charge in [-0.05, 0) is 23.6 Å². The Labute approximate surface area is 170 Å². The highest BCUT2D eigenvalue weighted by Crippen LogP contribution is 2.21. The zero-order chi connectivity index (χ0) is 20.9. The predicted octanol–water partition coefficient (Wildman–Crippen LogP) is 2.83. The summed E-state index contributed by atoms with van der Waals surface area (Å²) in [5, 5.41) is 4.64. The molecular weight excluding hydrogens is 372 g/mol. The van der Waals surface area contributed by atoms with Crippen molar-refractivity contribution >= 4 is 17.9 Å². The first-order chi connectivity index (χ1) is 14.1. The van der Waals surface area contributed by atoms with Gasteiger partial charge < -0.3 is 14.8 Å². The van der Waals surface area contributed by atoms with Crippen LogP contribution < -0.4 is 15.4 Å². The highest BCUT2D eigenvalue weighted by molar-refractivity contribution is 5.95. The van der Waals surface area contributed by atoms with E-state index in [0.29, 0.717) is 18.7 Å². The molecule has 0 bridgehead atoms. The molecular formula is C22H26N2O5. The molecule has 154 valence electrons. The fourth-order valence-corrected chi connectivity index (χ4v) is 2.52. The van der Waals surface area contributed by atoms with Crippen molar-refractivity contribution in [1.82, 2.24) is 10.6 Å². The van der Waals surface area contributed by atoms with Crippen molar-refractivity contribution in [3.05, 3.63) is 65.7 Å². The van der Waals surface area contributed by atoms with Crippen LogP contribution in [0.15, 0.2) is 54.6 Å². The van der Waals surface area contributed by atoms with E-state index in [2.05, 4.69) is 10.6 Å². The third-order valence-corrected chi connectivity index (χ3v) is 3.99. The van der Waals surface area contributed by atoms with Gasteiger partial charge >= 0.3 is 12.0 Å². The second-order valence-electron chi connectivity index (χ2n) is 6.38. The van der Waals surface area contributed by atoms with E-state index in [1.54, 1.807) is 6.07 Å². The van der Waals surface area contributed by atoms with Gasteiger partial charge in [-0.3, -0.25) is 10.1 Å². The smallest absolute Gasteiger partial charge is 0.344 e. The fraction of sp³-hybridized carbons (Fsp3) is 0.318. The molecule has 2 N–H and O–H groups in total. The van der Waals surface area contributed by atoms with Gasteiger partial charge in [-0.15, -0.1) is 0 Å². The van der Waals surface area contributed by atoms with E-state index in [9.17, 15) is 14.4 Å². The number of carbonyl (C=O) groups is 3. The van der Waals surface area contributed by atoms with Gasteiger partial charge in [0.25, 0.3) is 5.91 Å². The Morgan fingerprint density at radius 3 is 2.41 bits per heavy atom. The second kappa shape index (κ2) is 12.2. The van der Waals surface area contributed by atoms with Gasteiger partial charge in [-0.25, -0.2) is 9.59 Å². The van der Waals surface area contributed by atoms with Crippen LogP contribution in [0, 0.1) is 0 Å². The maximum Gasteiger partial charge on any atom is 0.344 e. The second-order valence-corrected chi connectivity index (χ2v) is 6.38. The lowest BCUT2D eigenvalue weighted by Gasteiger charge is -2.11. The maximum atomic E-state index is 11.9. The average molecular weight is 398 g/mol. The van der Waals surface area contributed by atoms with E-state index in [1.807, 2.05) is 55.5 Å². The largest absolute Gasteiger partial charge is 0.482 e. The van der Waals surface area contributed by atoms with Crippen molar-refractivity contribution in [3.8, 4) is 5.75 Å². The predicted molar refractivity (Wildman–Crippen MR) is 109 cm³/mol. The van der Waals surface area contributed by atoms with Crippen molar-refractivity contribution in [2.75, 3.05) is 19.8 Å². The molecule has 7 heteroatoms. The molecule has 7 nitrogen and oxygen atoms in total. The van der Waals surface area contributed by atoms with E-state index in [-0.39, 0.29) is 6.61 Å². The number of unbranched alkanes of at least 4 members (excludes halogenated alkanes) is 1. The van der Waals surface area contributed by atoms with Crippen molar-refractivity contribution < 1.29 is 23.9 Å². The number of nitrogens with one attached hydrogen (secondary N) is 2. The van der Waals surface area contributed by atoms with Gasteiger partial charge in [0, 0.05) is 13.0 Å². The summed E-state index contributed by atoms with van der Waals surface area (Å²) in [6, 6.07) is 16.7. The highest BCUT2D eigenvalue weighted by atomic mass is 16.6. The van der Waals surface area contributed by atoms with Crippen LogP contribution in [0.25, 0.3) is 0 Å². The summed E-state index contributed by atoms with van der Waals surface area (Å²) in [5.41, 5.74) is 2.06. The molecule has 2 aromatic carbocycles. The van der Waals surface area contributed by atoms with Crippen LogP contribution in [0.4, 0.5) is 4.79 Å². The van der Waals surface area contributed by atoms with Crippen molar-refractivity contribution in [2.24, 2.45) is 0 Å². The minimum Gasteiger partial charge on any atom is -0.482 e. The molecule has 2 aromatic rings. The summed E-state index contributed by atoms with van der Waals surface area (Å²) >= 11 is 0. The maximum absolute atomic E-state index is 11.9. The van der Waals surface area contributed by atoms with Gasteiger partial charge in [0.15, 0.2) is 13.2 Å². The fourth-order valence-electron chi connectivity index (χ4n) is 2.52. The average Bonchev–Trinajstić information content (AvgIpc) is 2.72. The van der Waals surface area contributed by atoms with E-state index < -0.39 is 24.5 Å². The number of imide groups is 1. The molecule has 29 heavy (non-hydrogen) atoms. The number of rotatable bonds is 10. The SMILES string of the molecule is CCCCNC(=O)NC(=O)COC(=O)COc1ccccc1Cc1ccccc1. The number of amides is 3. The Balaban J connectivity index is 1.75. The van der Waals surface area contributed by atoms with Crippen LogP contribution >= 0.6 is 0 Å². The van der Waals surface area contributed by atoms with Gasteiger partial charge in [-0.1, -0.05) is 61.9 Å². The summed E-state index contributed by atoms with van der Waals surface area (Å²) in [5.74, 6) is -0.814. The number of esters is 1. The number of hydrogen-bond acceptors (Lipinski definition) is 5. The Kier molecular flexibility index (Phi) is 9.21. The number of para-hydroxylation sites is 1. The summed E-state index contributed by atoms with van der Waals surface area (Å²) in [7, 11) is 0. The monoisotopic (exact) mass is 398 g/mol. The molecule has 0 heterocycles. The third-order valence-electron chi connectivity index (χ3n) is 3.99. The third kappa shape index (κ3) is 8.47. The first kappa shape index (κ1) is 21.9. The normalized spacial score (nSPS) is 10.1. The number of urea groups is 1. The molecule has 3 amide bonds. The molecule has 0 unspecified atom stereocenters. The molecule has 0 atom stereocenters. The Morgan fingerprint density at radius 1 is 0.931 bits per heavy atom. The number of benzene rings is 2. The number of ether oxygens (including phenoxy) is 2. The van der Waals surface area contributed by atoms with Crippen LogP contribution in [-0.4, -0.2) is 37.7 Å². The van der Waals surface area contributed by atoms with Gasteiger partial charge in [0.1, 0.15) is 5.75 Å². The van der Waals surface area contributed by atoms with Gasteiger partial charge in [0.2, 0.25) is 0 Å². The first-order valence-electron chi connectivity index (χ1n) is 9.56. The minimum atomic E-state index is -0.697. The molecule has 0 spiro atoms. The lowest BCUT2D eigenvalue weighted by atomic mass is 10.0. The summed E-state index contributed by atoms with van der Waals surface area (Å²) in [4.78, 5) is 35.0. The van der Waals surface area contributed by atoms with E-state index >= 15 is 0 Å². The Morgan fingerprint density at radius 2 is 1.66 bits per heavy atom.